The van der Waals surface area contributed by atoms with Crippen molar-refractivity contribution in [3.8, 4) is 0 Å². The lowest BCUT2D eigenvalue weighted by Gasteiger charge is -2.25. The molecule has 0 fully saturated rings. The zero-order chi connectivity index (χ0) is 27.0. The van der Waals surface area contributed by atoms with Crippen LogP contribution in [0.5, 0.6) is 0 Å². The number of hydrogen-bond acceptors (Lipinski definition) is 7. The van der Waals surface area contributed by atoms with Gasteiger partial charge in [0.15, 0.2) is 0 Å². The van der Waals surface area contributed by atoms with Crippen LogP contribution < -0.4 is 21.7 Å². The molecule has 0 saturated carbocycles. The summed E-state index contributed by atoms with van der Waals surface area (Å²) in [4.78, 5) is 62.9. The van der Waals surface area contributed by atoms with Gasteiger partial charge in [-0.25, -0.2) is 4.79 Å². The lowest BCUT2D eigenvalue weighted by molar-refractivity contribution is -0.142. The zero-order valence-corrected chi connectivity index (χ0v) is 19.9. The van der Waals surface area contributed by atoms with Gasteiger partial charge in [0.1, 0.15) is 18.1 Å². The van der Waals surface area contributed by atoms with Crippen molar-refractivity contribution in [2.45, 2.75) is 63.4 Å². The van der Waals surface area contributed by atoms with Crippen LogP contribution in [0, 0.1) is 0 Å². The topological polar surface area (TPSA) is 224 Å². The van der Waals surface area contributed by atoms with E-state index in [4.69, 9.17) is 10.8 Å². The number of aliphatic carboxylic acids is 2. The van der Waals surface area contributed by atoms with Gasteiger partial charge in [0, 0.05) is 29.9 Å². The van der Waals surface area contributed by atoms with Gasteiger partial charge in [0.2, 0.25) is 17.7 Å². The summed E-state index contributed by atoms with van der Waals surface area (Å²) >= 11 is 0. The summed E-state index contributed by atoms with van der Waals surface area (Å²) in [5, 5.41) is 36.0. The number of para-hydroxylation sites is 1. The number of carbonyl (C=O) groups excluding carboxylic acids is 3. The molecule has 0 aliphatic carbocycles. The molecule has 9 N–H and O–H groups in total. The van der Waals surface area contributed by atoms with Crippen LogP contribution >= 0.6 is 0 Å². The highest BCUT2D eigenvalue weighted by Gasteiger charge is 2.31. The molecule has 2 aromatic rings. The van der Waals surface area contributed by atoms with Crippen molar-refractivity contribution in [3.05, 3.63) is 36.0 Å². The molecule has 36 heavy (non-hydrogen) atoms. The Morgan fingerprint density at radius 3 is 2.25 bits per heavy atom. The number of aromatic nitrogens is 1. The third-order valence-corrected chi connectivity index (χ3v) is 5.53. The van der Waals surface area contributed by atoms with E-state index in [9.17, 15) is 34.2 Å². The maximum atomic E-state index is 12.6. The molecule has 1 aromatic heterocycles. The first-order valence-corrected chi connectivity index (χ1v) is 11.2. The third-order valence-electron chi connectivity index (χ3n) is 5.53. The van der Waals surface area contributed by atoms with E-state index in [1.807, 2.05) is 24.3 Å². The summed E-state index contributed by atoms with van der Waals surface area (Å²) in [7, 11) is 0. The minimum absolute atomic E-state index is 0.00760. The number of aromatic amines is 1. The van der Waals surface area contributed by atoms with Crippen molar-refractivity contribution in [3.63, 3.8) is 0 Å². The van der Waals surface area contributed by atoms with E-state index >= 15 is 0 Å². The number of carbonyl (C=O) groups is 5. The van der Waals surface area contributed by atoms with Crippen molar-refractivity contribution in [1.82, 2.24) is 20.9 Å². The predicted octanol–water partition coefficient (Wildman–Crippen LogP) is -1.16. The number of rotatable bonds is 13. The second-order valence-electron chi connectivity index (χ2n) is 8.46. The highest BCUT2D eigenvalue weighted by Crippen LogP contribution is 2.19. The second-order valence-corrected chi connectivity index (χ2v) is 8.46. The molecule has 13 nitrogen and oxygen atoms in total. The molecule has 0 radical (unpaired) electrons. The maximum absolute atomic E-state index is 12.6. The number of amides is 3. The van der Waals surface area contributed by atoms with Gasteiger partial charge in [0.25, 0.3) is 0 Å². The Labute approximate surface area is 206 Å². The SMILES string of the molecule is CC(NC(=O)C(NC(=O)C(N)CCC(=O)O)C(C)O)C(=O)NC(Cc1c[nH]c2ccccc12)C(=O)O. The molecule has 13 heteroatoms. The van der Waals surface area contributed by atoms with Crippen LogP contribution in [0.15, 0.2) is 30.5 Å². The van der Waals surface area contributed by atoms with Gasteiger partial charge >= 0.3 is 11.9 Å². The number of benzene rings is 1. The number of carboxylic acid groups (broad SMARTS) is 2. The number of nitrogens with one attached hydrogen (secondary N) is 4. The number of nitrogens with two attached hydrogens (primary N) is 1. The summed E-state index contributed by atoms with van der Waals surface area (Å²) in [6.45, 7) is 2.55. The molecule has 0 spiro atoms. The fourth-order valence-electron chi connectivity index (χ4n) is 3.46. The van der Waals surface area contributed by atoms with Crippen molar-refractivity contribution in [2.24, 2.45) is 5.73 Å². The molecule has 1 heterocycles. The van der Waals surface area contributed by atoms with Crippen LogP contribution in [-0.2, 0) is 30.4 Å². The molecule has 0 saturated heterocycles. The molecule has 1 aromatic carbocycles. The van der Waals surface area contributed by atoms with E-state index in [0.29, 0.717) is 5.56 Å². The van der Waals surface area contributed by atoms with Crippen molar-refractivity contribution in [2.75, 3.05) is 0 Å². The van der Waals surface area contributed by atoms with Crippen LogP contribution in [0.4, 0.5) is 0 Å². The van der Waals surface area contributed by atoms with E-state index < -0.39 is 59.9 Å². The highest BCUT2D eigenvalue weighted by atomic mass is 16.4. The fourth-order valence-corrected chi connectivity index (χ4v) is 3.46. The Kier molecular flexibility index (Phi) is 9.93. The van der Waals surface area contributed by atoms with Gasteiger partial charge in [-0.05, 0) is 31.9 Å². The second kappa shape index (κ2) is 12.7. The average molecular weight is 506 g/mol. The van der Waals surface area contributed by atoms with Crippen LogP contribution in [0.25, 0.3) is 10.9 Å². The maximum Gasteiger partial charge on any atom is 0.326 e. The molecule has 0 aliphatic rings. The number of carboxylic acids is 2. The zero-order valence-electron chi connectivity index (χ0n) is 19.9. The summed E-state index contributed by atoms with van der Waals surface area (Å²) in [6, 6.07) is 2.10. The molecule has 2 rings (SSSR count). The molecular weight excluding hydrogens is 474 g/mol. The van der Waals surface area contributed by atoms with Crippen LogP contribution in [-0.4, -0.2) is 80.2 Å². The van der Waals surface area contributed by atoms with Gasteiger partial charge in [-0.2, -0.15) is 0 Å². The first-order chi connectivity index (χ1) is 16.9. The smallest absolute Gasteiger partial charge is 0.326 e. The van der Waals surface area contributed by atoms with E-state index in [1.165, 1.54) is 13.8 Å². The van der Waals surface area contributed by atoms with E-state index in [2.05, 4.69) is 20.9 Å². The fraction of sp³-hybridized carbons (Fsp3) is 0.435. The number of fused-ring (bicyclic) bond motifs is 1. The summed E-state index contributed by atoms with van der Waals surface area (Å²) in [6.07, 6.45) is -0.257. The molecule has 0 bridgehead atoms. The lowest BCUT2D eigenvalue weighted by Crippen LogP contribution is -2.59. The normalized spacial score (nSPS) is 15.2. The van der Waals surface area contributed by atoms with Crippen LogP contribution in [0.2, 0.25) is 0 Å². The Morgan fingerprint density at radius 1 is 0.972 bits per heavy atom. The van der Waals surface area contributed by atoms with Crippen molar-refractivity contribution < 1.29 is 39.3 Å². The Balaban J connectivity index is 2.00. The number of hydrogen-bond donors (Lipinski definition) is 8. The van der Waals surface area contributed by atoms with Gasteiger partial charge < -0.3 is 42.0 Å². The average Bonchev–Trinajstić information content (AvgIpc) is 3.22. The largest absolute Gasteiger partial charge is 0.481 e. The quantitative estimate of drug-likeness (QED) is 0.164. The van der Waals surface area contributed by atoms with Gasteiger partial charge in [-0.15, -0.1) is 0 Å². The van der Waals surface area contributed by atoms with Crippen LogP contribution in [0.3, 0.4) is 0 Å². The lowest BCUT2D eigenvalue weighted by atomic mass is 10.0. The summed E-state index contributed by atoms with van der Waals surface area (Å²) < 4.78 is 0. The van der Waals surface area contributed by atoms with Gasteiger partial charge in [-0.3, -0.25) is 19.2 Å². The van der Waals surface area contributed by atoms with Crippen molar-refractivity contribution >= 4 is 40.6 Å². The minimum atomic E-state index is -1.48. The number of H-pyrrole nitrogens is 1. The summed E-state index contributed by atoms with van der Waals surface area (Å²) in [5.74, 6) is -4.96. The van der Waals surface area contributed by atoms with E-state index in [1.54, 1.807) is 6.20 Å². The van der Waals surface area contributed by atoms with Crippen molar-refractivity contribution in [1.29, 1.82) is 0 Å². The standard InChI is InChI=1S/C23H31N5O8/c1-11(26-22(34)19(12(2)29)28-21(33)15(24)7-8-18(30)31)20(32)27-17(23(35)36)9-13-10-25-16-6-4-3-5-14(13)16/h3-6,10-12,15,17,19,25,29H,7-9,24H2,1-2H3,(H,26,34)(H,27,32)(H,28,33)(H,30,31)(H,35,36). The van der Waals surface area contributed by atoms with E-state index in [0.717, 1.165) is 10.9 Å². The monoisotopic (exact) mass is 505 g/mol. The Hall–Kier alpha value is -3.97. The predicted molar refractivity (Wildman–Crippen MR) is 128 cm³/mol. The van der Waals surface area contributed by atoms with Gasteiger partial charge in [-0.1, -0.05) is 18.2 Å². The molecule has 5 unspecified atom stereocenters. The minimum Gasteiger partial charge on any atom is -0.481 e. The third kappa shape index (κ3) is 7.78. The number of aliphatic hydroxyl groups excluding tert-OH is 1. The molecule has 196 valence electrons. The first kappa shape index (κ1) is 28.3. The Morgan fingerprint density at radius 2 is 1.64 bits per heavy atom. The molecule has 0 aliphatic heterocycles. The number of aliphatic hydroxyl groups is 1. The van der Waals surface area contributed by atoms with E-state index in [-0.39, 0.29) is 19.3 Å². The summed E-state index contributed by atoms with van der Waals surface area (Å²) in [5.41, 5.74) is 7.13. The first-order valence-electron chi connectivity index (χ1n) is 11.2. The molecule has 5 atom stereocenters. The Bertz CT molecular complexity index is 1110. The van der Waals surface area contributed by atoms with Crippen LogP contribution in [0.1, 0.15) is 32.3 Å². The van der Waals surface area contributed by atoms with Gasteiger partial charge in [0.05, 0.1) is 12.1 Å². The molecular formula is C23H31N5O8. The molecule has 3 amide bonds. The highest BCUT2D eigenvalue weighted by molar-refractivity contribution is 5.94.